The van der Waals surface area contributed by atoms with Crippen LogP contribution in [0.5, 0.6) is 0 Å². The van der Waals surface area contributed by atoms with Crippen LogP contribution in [0.15, 0.2) is 71.9 Å². The molecule has 2 aromatic carbocycles. The first-order chi connectivity index (χ1) is 15.4. The molecule has 0 unspecified atom stereocenters. The van der Waals surface area contributed by atoms with Crippen LogP contribution in [0.2, 0.25) is 0 Å². The van der Waals surface area contributed by atoms with E-state index in [1.54, 1.807) is 19.4 Å². The Morgan fingerprint density at radius 1 is 1.06 bits per heavy atom. The number of halogens is 3. The molecule has 32 heavy (non-hydrogen) atoms. The summed E-state index contributed by atoms with van der Waals surface area (Å²) in [6, 6.07) is 14.8. The summed E-state index contributed by atoms with van der Waals surface area (Å²) in [6.07, 6.45) is -0.0626. The van der Waals surface area contributed by atoms with E-state index in [1.807, 2.05) is 30.3 Å². The first kappa shape index (κ1) is 23.2. The molecule has 0 aliphatic rings. The van der Waals surface area contributed by atoms with Gasteiger partial charge in [-0.15, -0.1) is 0 Å². The summed E-state index contributed by atoms with van der Waals surface area (Å²) in [6.45, 7) is 0. The number of carbonyl (C=O) groups is 1. The number of hydrogen-bond donors (Lipinski definition) is 4. The van der Waals surface area contributed by atoms with Gasteiger partial charge in [0.1, 0.15) is 5.65 Å². The normalized spacial score (nSPS) is 10.9. The number of fused-ring (bicyclic) bond motifs is 1. The molecule has 5 N–H and O–H groups in total. The lowest BCUT2D eigenvalue weighted by atomic mass is 10.1. The molecule has 0 aliphatic heterocycles. The van der Waals surface area contributed by atoms with Crippen molar-refractivity contribution < 1.29 is 18.0 Å². The van der Waals surface area contributed by atoms with Crippen LogP contribution in [0.4, 0.5) is 24.5 Å². The van der Waals surface area contributed by atoms with Crippen molar-refractivity contribution in [3.05, 3.63) is 72.6 Å². The summed E-state index contributed by atoms with van der Waals surface area (Å²) in [7, 11) is 1.66. The van der Waals surface area contributed by atoms with Gasteiger partial charge in [-0.3, -0.25) is 9.93 Å². The first-order valence-corrected chi connectivity index (χ1v) is 10.2. The van der Waals surface area contributed by atoms with Gasteiger partial charge < -0.3 is 15.6 Å². The van der Waals surface area contributed by atoms with Gasteiger partial charge in [0.2, 0.25) is 6.41 Å². The largest absolute Gasteiger partial charge is 0.416 e. The lowest BCUT2D eigenvalue weighted by Gasteiger charge is -2.06. The van der Waals surface area contributed by atoms with E-state index in [-0.39, 0.29) is 0 Å². The number of pyridine rings is 1. The van der Waals surface area contributed by atoms with Crippen molar-refractivity contribution in [3.8, 4) is 11.1 Å². The second kappa shape index (κ2) is 10.2. The topological polar surface area (TPSA) is 95.8 Å². The number of benzene rings is 2. The van der Waals surface area contributed by atoms with Crippen molar-refractivity contribution in [3.63, 3.8) is 0 Å². The molecule has 1 amide bonds. The molecule has 4 aromatic rings. The van der Waals surface area contributed by atoms with Crippen molar-refractivity contribution in [2.24, 2.45) is 5.14 Å². The van der Waals surface area contributed by atoms with E-state index in [1.165, 1.54) is 24.1 Å². The van der Waals surface area contributed by atoms with Crippen LogP contribution in [0.3, 0.4) is 0 Å². The molecule has 0 saturated carbocycles. The number of rotatable bonds is 5. The fourth-order valence-electron chi connectivity index (χ4n) is 2.90. The van der Waals surface area contributed by atoms with E-state index < -0.39 is 11.7 Å². The van der Waals surface area contributed by atoms with Crippen molar-refractivity contribution in [2.75, 3.05) is 17.7 Å². The number of nitrogens with zero attached hydrogens (tertiary/aromatic N) is 1. The Morgan fingerprint density at radius 3 is 2.31 bits per heavy atom. The highest BCUT2D eigenvalue weighted by Crippen LogP contribution is 2.30. The Balaban J connectivity index is 0.000000207. The molecule has 2 heterocycles. The van der Waals surface area contributed by atoms with E-state index in [4.69, 9.17) is 5.14 Å². The van der Waals surface area contributed by atoms with Gasteiger partial charge in [0, 0.05) is 41.0 Å². The van der Waals surface area contributed by atoms with Crippen LogP contribution in [0.1, 0.15) is 5.56 Å². The summed E-state index contributed by atoms with van der Waals surface area (Å²) in [5, 5.41) is 11.8. The minimum absolute atomic E-state index is 0.624. The van der Waals surface area contributed by atoms with Crippen LogP contribution in [-0.4, -0.2) is 23.4 Å². The number of carbonyl (C=O) groups excluding carboxylic acids is 1. The number of alkyl halides is 3. The Morgan fingerprint density at radius 2 is 1.75 bits per heavy atom. The number of H-pyrrole nitrogens is 1. The number of nitrogens with two attached hydrogens (primary N) is 1. The number of amides is 1. The van der Waals surface area contributed by atoms with Crippen molar-refractivity contribution in [2.45, 2.75) is 11.1 Å². The zero-order chi connectivity index (χ0) is 23.1. The van der Waals surface area contributed by atoms with Gasteiger partial charge in [-0.1, -0.05) is 12.1 Å². The first-order valence-electron chi connectivity index (χ1n) is 9.35. The van der Waals surface area contributed by atoms with E-state index in [0.717, 1.165) is 44.9 Å². The fourth-order valence-corrected chi connectivity index (χ4v) is 3.19. The Kier molecular flexibility index (Phi) is 7.39. The molecule has 2 aromatic heterocycles. The van der Waals surface area contributed by atoms with E-state index in [2.05, 4.69) is 20.6 Å². The second-order valence-electron chi connectivity index (χ2n) is 6.55. The Labute approximate surface area is 186 Å². The maximum atomic E-state index is 12.0. The fraction of sp³-hybridized carbons (Fsp3) is 0.0909. The number of nitrogens with one attached hydrogen (secondary N) is 3. The van der Waals surface area contributed by atoms with Gasteiger partial charge in [-0.05, 0) is 60.0 Å². The molecule has 0 saturated heterocycles. The summed E-state index contributed by atoms with van der Waals surface area (Å²) in [5.41, 5.74) is 3.55. The van der Waals surface area contributed by atoms with Crippen LogP contribution in [0, 0.1) is 0 Å². The zero-order valence-electron chi connectivity index (χ0n) is 16.9. The minimum atomic E-state index is -4.24. The highest BCUT2D eigenvalue weighted by atomic mass is 32.2. The van der Waals surface area contributed by atoms with Gasteiger partial charge in [0.25, 0.3) is 0 Å². The van der Waals surface area contributed by atoms with Crippen molar-refractivity contribution >= 4 is 40.8 Å². The predicted molar refractivity (Wildman–Crippen MR) is 122 cm³/mol. The molecular weight excluding hydrogens is 439 g/mol. The van der Waals surface area contributed by atoms with E-state index in [9.17, 15) is 18.0 Å². The molecule has 166 valence electrons. The van der Waals surface area contributed by atoms with Crippen LogP contribution in [-0.2, 0) is 11.0 Å². The summed E-state index contributed by atoms with van der Waals surface area (Å²) in [5.74, 6) is 0. The number of hydrogen-bond acceptors (Lipinski definition) is 5. The smallest absolute Gasteiger partial charge is 0.388 e. The molecule has 0 aliphatic carbocycles. The molecule has 0 spiro atoms. The molecule has 0 fully saturated rings. The molecule has 6 nitrogen and oxygen atoms in total. The Bertz CT molecular complexity index is 1180. The summed E-state index contributed by atoms with van der Waals surface area (Å²) >= 11 is 1.22. The molecule has 0 radical (unpaired) electrons. The molecule has 0 bridgehead atoms. The molecule has 10 heteroatoms. The number of anilines is 2. The lowest BCUT2D eigenvalue weighted by molar-refractivity contribution is -0.137. The van der Waals surface area contributed by atoms with Crippen LogP contribution < -0.4 is 15.8 Å². The average molecular weight is 459 g/mol. The van der Waals surface area contributed by atoms with Crippen molar-refractivity contribution in [1.82, 2.24) is 9.97 Å². The van der Waals surface area contributed by atoms with Crippen molar-refractivity contribution in [1.29, 1.82) is 0 Å². The average Bonchev–Trinajstić information content (AvgIpc) is 3.21. The third-order valence-electron chi connectivity index (χ3n) is 4.57. The minimum Gasteiger partial charge on any atom is -0.388 e. The highest BCUT2D eigenvalue weighted by molar-refractivity contribution is 7.97. The summed E-state index contributed by atoms with van der Waals surface area (Å²) < 4.78 is 36.0. The second-order valence-corrected chi connectivity index (χ2v) is 7.26. The molecular formula is C22H20F3N5OS. The van der Waals surface area contributed by atoms with Crippen LogP contribution in [0.25, 0.3) is 22.2 Å². The van der Waals surface area contributed by atoms with Crippen LogP contribution >= 0.6 is 11.9 Å². The SMILES string of the molecule is CNc1ccc(C(F)(F)F)cc1.NSc1ccc(-c2cnc3[nH]cc(NC=O)c3c2)cc1. The highest BCUT2D eigenvalue weighted by Gasteiger charge is 2.29. The number of aromatic amines is 1. The van der Waals surface area contributed by atoms with Gasteiger partial charge >= 0.3 is 6.18 Å². The Hall–Kier alpha value is -3.50. The quantitative estimate of drug-likeness (QED) is 0.233. The predicted octanol–water partition coefficient (Wildman–Crippen LogP) is 5.51. The van der Waals surface area contributed by atoms with Gasteiger partial charge in [0.05, 0.1) is 11.3 Å². The monoisotopic (exact) mass is 459 g/mol. The van der Waals surface area contributed by atoms with Gasteiger partial charge in [0.15, 0.2) is 0 Å². The maximum Gasteiger partial charge on any atom is 0.416 e. The summed E-state index contributed by atoms with van der Waals surface area (Å²) in [4.78, 5) is 19.0. The molecule has 0 atom stereocenters. The third-order valence-corrected chi connectivity index (χ3v) is 5.11. The number of aromatic nitrogens is 2. The van der Waals surface area contributed by atoms with E-state index >= 15 is 0 Å². The third kappa shape index (κ3) is 5.59. The zero-order valence-corrected chi connectivity index (χ0v) is 17.7. The maximum absolute atomic E-state index is 12.0. The van der Waals surface area contributed by atoms with Gasteiger partial charge in [-0.25, -0.2) is 4.98 Å². The lowest BCUT2D eigenvalue weighted by Crippen LogP contribution is -2.04. The molecule has 4 rings (SSSR count). The van der Waals surface area contributed by atoms with Gasteiger partial charge in [-0.2, -0.15) is 13.2 Å². The standard InChI is InChI=1S/C14H12N4OS.C8H8F3N/c15-20-11-3-1-9(2-4-11)10-5-12-13(18-8-19)7-17-14(12)16-6-10;1-12-7-4-2-6(3-5-7)8(9,10)11/h1-8H,15H2,(H,16,17)(H,18,19);2-5,12H,1H3. The van der Waals surface area contributed by atoms with E-state index in [0.29, 0.717) is 12.1 Å².